The van der Waals surface area contributed by atoms with Gasteiger partial charge in [-0.15, -0.1) is 0 Å². The van der Waals surface area contributed by atoms with Crippen molar-refractivity contribution in [2.75, 3.05) is 18.1 Å². The lowest BCUT2D eigenvalue weighted by molar-refractivity contribution is -0.384. The van der Waals surface area contributed by atoms with E-state index in [2.05, 4.69) is 5.10 Å². The Morgan fingerprint density at radius 3 is 2.85 bits per heavy atom. The average Bonchev–Trinajstić information content (AvgIpc) is 2.75. The Morgan fingerprint density at radius 1 is 1.50 bits per heavy atom. The van der Waals surface area contributed by atoms with Gasteiger partial charge in [0, 0.05) is 13.1 Å². The fourth-order valence-corrected chi connectivity index (χ4v) is 2.89. The third kappa shape index (κ3) is 2.63. The minimum Gasteiger partial charge on any atom is -0.394 e. The summed E-state index contributed by atoms with van der Waals surface area (Å²) in [6, 6.07) is -0.0471. The van der Waals surface area contributed by atoms with Crippen LogP contribution in [0, 0.1) is 17.0 Å². The van der Waals surface area contributed by atoms with Gasteiger partial charge in [-0.05, 0) is 32.6 Å². The van der Waals surface area contributed by atoms with Gasteiger partial charge >= 0.3 is 5.69 Å². The number of nitro groups is 1. The van der Waals surface area contributed by atoms with Gasteiger partial charge in [-0.25, -0.2) is 4.68 Å². The molecule has 2 rings (SSSR count). The van der Waals surface area contributed by atoms with Crippen LogP contribution in [0.1, 0.15) is 38.3 Å². The first kappa shape index (κ1) is 14.8. The number of nitrogens with zero attached hydrogens (tertiary/aromatic N) is 4. The molecule has 0 radical (unpaired) electrons. The van der Waals surface area contributed by atoms with Gasteiger partial charge in [0.2, 0.25) is 5.82 Å². The van der Waals surface area contributed by atoms with Crippen molar-refractivity contribution in [1.29, 1.82) is 0 Å². The van der Waals surface area contributed by atoms with Gasteiger partial charge in [-0.1, -0.05) is 6.92 Å². The molecular weight excluding hydrogens is 260 g/mol. The van der Waals surface area contributed by atoms with Gasteiger partial charge in [0.15, 0.2) is 0 Å². The molecule has 1 N–H and O–H groups in total. The zero-order valence-electron chi connectivity index (χ0n) is 12.1. The molecular formula is C13H22N4O3. The molecule has 7 heteroatoms. The standard InChI is InChI=1S/C13H22N4O3/c1-3-7-16-13(12(17(19)20)10(2)14-16)15-8-5-4-6-11(15)9-18/h11,18H,3-9H2,1-2H3. The molecule has 0 bridgehead atoms. The Hall–Kier alpha value is -1.63. The fourth-order valence-electron chi connectivity index (χ4n) is 2.89. The molecule has 1 aromatic rings. The number of hydrogen-bond donors (Lipinski definition) is 1. The molecule has 1 unspecified atom stereocenters. The van der Waals surface area contributed by atoms with Crippen LogP contribution in [0.3, 0.4) is 0 Å². The van der Waals surface area contributed by atoms with Gasteiger partial charge < -0.3 is 10.0 Å². The predicted octanol–water partition coefficient (Wildman–Crippen LogP) is 1.86. The number of aryl methyl sites for hydroxylation is 2. The molecule has 0 spiro atoms. The largest absolute Gasteiger partial charge is 0.394 e. The summed E-state index contributed by atoms with van der Waals surface area (Å²) >= 11 is 0. The maximum atomic E-state index is 11.4. The van der Waals surface area contributed by atoms with Crippen LogP contribution in [0.5, 0.6) is 0 Å². The molecule has 20 heavy (non-hydrogen) atoms. The van der Waals surface area contributed by atoms with Crippen LogP contribution in [0.2, 0.25) is 0 Å². The van der Waals surface area contributed by atoms with Crippen LogP contribution < -0.4 is 4.90 Å². The first-order valence-corrected chi connectivity index (χ1v) is 7.19. The van der Waals surface area contributed by atoms with Crippen molar-refractivity contribution in [3.8, 4) is 0 Å². The van der Waals surface area contributed by atoms with E-state index in [1.807, 2.05) is 11.8 Å². The Balaban J connectivity index is 2.48. The second-order valence-electron chi connectivity index (χ2n) is 5.26. The van der Waals surface area contributed by atoms with E-state index in [-0.39, 0.29) is 23.3 Å². The highest BCUT2D eigenvalue weighted by Gasteiger charge is 2.33. The fraction of sp³-hybridized carbons (Fsp3) is 0.769. The van der Waals surface area contributed by atoms with Gasteiger partial charge in [-0.3, -0.25) is 10.1 Å². The van der Waals surface area contributed by atoms with Crippen LogP contribution in [-0.2, 0) is 6.54 Å². The number of piperidine rings is 1. The molecule has 0 amide bonds. The van der Waals surface area contributed by atoms with E-state index in [4.69, 9.17) is 0 Å². The first-order chi connectivity index (χ1) is 9.60. The minimum absolute atomic E-state index is 0.0213. The Labute approximate surface area is 118 Å². The van der Waals surface area contributed by atoms with Crippen molar-refractivity contribution in [1.82, 2.24) is 9.78 Å². The molecule has 0 saturated carbocycles. The van der Waals surface area contributed by atoms with E-state index >= 15 is 0 Å². The molecule has 1 fully saturated rings. The highest BCUT2D eigenvalue weighted by molar-refractivity contribution is 5.62. The zero-order valence-corrected chi connectivity index (χ0v) is 12.1. The molecule has 0 aliphatic carbocycles. The Kier molecular flexibility index (Phi) is 4.59. The minimum atomic E-state index is -0.354. The van der Waals surface area contributed by atoms with Crippen molar-refractivity contribution >= 4 is 11.5 Å². The molecule has 1 atom stereocenters. The van der Waals surface area contributed by atoms with Gasteiger partial charge in [0.25, 0.3) is 0 Å². The summed E-state index contributed by atoms with van der Waals surface area (Å²) in [7, 11) is 0. The van der Waals surface area contributed by atoms with Crippen molar-refractivity contribution in [2.45, 2.75) is 52.1 Å². The van der Waals surface area contributed by atoms with Crippen molar-refractivity contribution in [3.05, 3.63) is 15.8 Å². The Bertz CT molecular complexity index is 486. The third-order valence-corrected chi connectivity index (χ3v) is 3.80. The van der Waals surface area contributed by atoms with E-state index in [9.17, 15) is 15.2 Å². The molecule has 7 nitrogen and oxygen atoms in total. The number of hydrogen-bond acceptors (Lipinski definition) is 5. The lowest BCUT2D eigenvalue weighted by atomic mass is 10.0. The predicted molar refractivity (Wildman–Crippen MR) is 76.0 cm³/mol. The number of aliphatic hydroxyl groups is 1. The summed E-state index contributed by atoms with van der Waals surface area (Å²) in [6.07, 6.45) is 3.77. The van der Waals surface area contributed by atoms with Crippen LogP contribution >= 0.6 is 0 Å². The monoisotopic (exact) mass is 282 g/mol. The number of aliphatic hydroxyl groups excluding tert-OH is 1. The topological polar surface area (TPSA) is 84.4 Å². The maximum Gasteiger partial charge on any atom is 0.333 e. The van der Waals surface area contributed by atoms with Gasteiger partial charge in [-0.2, -0.15) is 5.10 Å². The summed E-state index contributed by atoms with van der Waals surface area (Å²) in [5.41, 5.74) is 0.527. The molecule has 2 heterocycles. The average molecular weight is 282 g/mol. The molecule has 1 saturated heterocycles. The zero-order chi connectivity index (χ0) is 14.7. The Morgan fingerprint density at radius 2 is 2.25 bits per heavy atom. The molecule has 1 aliphatic heterocycles. The summed E-state index contributed by atoms with van der Waals surface area (Å²) in [4.78, 5) is 13.0. The highest BCUT2D eigenvalue weighted by Crippen LogP contribution is 2.35. The quantitative estimate of drug-likeness (QED) is 0.658. The summed E-state index contributed by atoms with van der Waals surface area (Å²) in [5.74, 6) is 0.563. The van der Waals surface area contributed by atoms with Crippen molar-refractivity contribution in [3.63, 3.8) is 0 Å². The van der Waals surface area contributed by atoms with Crippen LogP contribution in [0.15, 0.2) is 0 Å². The lowest BCUT2D eigenvalue weighted by Gasteiger charge is -2.35. The van der Waals surface area contributed by atoms with E-state index in [1.165, 1.54) is 0 Å². The third-order valence-electron chi connectivity index (χ3n) is 3.80. The van der Waals surface area contributed by atoms with E-state index in [0.717, 1.165) is 32.2 Å². The summed E-state index contributed by atoms with van der Waals surface area (Å²) in [6.45, 7) is 5.10. The summed E-state index contributed by atoms with van der Waals surface area (Å²) < 4.78 is 1.72. The van der Waals surface area contributed by atoms with E-state index in [0.29, 0.717) is 18.1 Å². The van der Waals surface area contributed by atoms with E-state index in [1.54, 1.807) is 11.6 Å². The van der Waals surface area contributed by atoms with E-state index < -0.39 is 0 Å². The van der Waals surface area contributed by atoms with Crippen LogP contribution in [0.25, 0.3) is 0 Å². The molecule has 112 valence electrons. The molecule has 0 aromatic carbocycles. The van der Waals surface area contributed by atoms with Crippen LogP contribution in [-0.4, -0.2) is 39.0 Å². The number of aromatic nitrogens is 2. The maximum absolute atomic E-state index is 11.4. The highest BCUT2D eigenvalue weighted by atomic mass is 16.6. The van der Waals surface area contributed by atoms with Gasteiger partial charge in [0.05, 0.1) is 17.6 Å². The lowest BCUT2D eigenvalue weighted by Crippen LogP contribution is -2.43. The second kappa shape index (κ2) is 6.21. The normalized spacial score (nSPS) is 19.4. The van der Waals surface area contributed by atoms with Crippen molar-refractivity contribution < 1.29 is 10.0 Å². The SMILES string of the molecule is CCCn1nc(C)c([N+](=O)[O-])c1N1CCCCC1CO. The first-order valence-electron chi connectivity index (χ1n) is 7.19. The number of rotatable bonds is 5. The van der Waals surface area contributed by atoms with Crippen LogP contribution in [0.4, 0.5) is 11.5 Å². The van der Waals surface area contributed by atoms with Crippen molar-refractivity contribution in [2.24, 2.45) is 0 Å². The second-order valence-corrected chi connectivity index (χ2v) is 5.26. The molecule has 1 aliphatic rings. The van der Waals surface area contributed by atoms with Gasteiger partial charge in [0.1, 0.15) is 5.69 Å². The number of anilines is 1. The smallest absolute Gasteiger partial charge is 0.333 e. The molecule has 1 aromatic heterocycles. The summed E-state index contributed by atoms with van der Waals surface area (Å²) in [5, 5.41) is 25.2.